The average molecular weight is 195 g/mol. The molecule has 0 aliphatic carbocycles. The average Bonchev–Trinajstić information content (AvgIpc) is 2.75. The second-order valence-electron chi connectivity index (χ2n) is 3.96. The molecule has 0 spiro atoms. The maximum absolute atomic E-state index is 4.39. The van der Waals surface area contributed by atoms with E-state index in [0.717, 1.165) is 18.3 Å². The van der Waals surface area contributed by atoms with Crippen LogP contribution in [0.1, 0.15) is 18.7 Å². The lowest BCUT2D eigenvalue weighted by Crippen LogP contribution is -2.19. The molecule has 78 valence electrons. The lowest BCUT2D eigenvalue weighted by molar-refractivity contribution is 0.323. The first-order chi connectivity index (χ1) is 6.75. The van der Waals surface area contributed by atoms with E-state index in [1.165, 1.54) is 25.9 Å². The Balaban J connectivity index is 1.95. The molecule has 1 fully saturated rings. The topological polar surface area (TPSA) is 48.1 Å². The van der Waals surface area contributed by atoms with Gasteiger partial charge in [-0.05, 0) is 25.9 Å². The van der Waals surface area contributed by atoms with E-state index in [0.29, 0.717) is 0 Å². The molecular weight excluding hydrogens is 178 g/mol. The summed E-state index contributed by atoms with van der Waals surface area (Å²) in [4.78, 5) is 8.70. The molecule has 1 saturated heterocycles. The maximum atomic E-state index is 4.39. The fraction of sp³-hybridized carbons (Fsp3) is 0.778. The highest BCUT2D eigenvalue weighted by atomic mass is 15.3. The maximum Gasteiger partial charge on any atom is 0.244 e. The highest BCUT2D eigenvalue weighted by Gasteiger charge is 2.14. The summed E-state index contributed by atoms with van der Waals surface area (Å²) >= 11 is 0. The van der Waals surface area contributed by atoms with Crippen molar-refractivity contribution in [2.24, 2.45) is 0 Å². The van der Waals surface area contributed by atoms with Crippen LogP contribution in [0.5, 0.6) is 0 Å². The van der Waals surface area contributed by atoms with Crippen LogP contribution in [0.3, 0.4) is 0 Å². The van der Waals surface area contributed by atoms with Gasteiger partial charge in [-0.1, -0.05) is 0 Å². The minimum Gasteiger partial charge on any atom is -0.346 e. The standard InChI is InChI=1S/C9H17N5/c1-13(2)9-10-8(11-12-9)7-14-5-3-4-6-14/h3-7H2,1-2H3,(H,10,11,12). The van der Waals surface area contributed by atoms with Crippen molar-refractivity contribution in [1.82, 2.24) is 20.1 Å². The van der Waals surface area contributed by atoms with Crippen molar-refractivity contribution in [3.8, 4) is 0 Å². The van der Waals surface area contributed by atoms with Crippen LogP contribution in [0.15, 0.2) is 0 Å². The summed E-state index contributed by atoms with van der Waals surface area (Å²) in [7, 11) is 3.89. The Bertz CT molecular complexity index is 287. The number of H-pyrrole nitrogens is 1. The molecule has 0 unspecified atom stereocenters. The number of rotatable bonds is 3. The molecule has 0 amide bonds. The van der Waals surface area contributed by atoms with Gasteiger partial charge >= 0.3 is 0 Å². The molecule has 0 bridgehead atoms. The minimum atomic E-state index is 0.763. The summed E-state index contributed by atoms with van der Waals surface area (Å²) < 4.78 is 0. The molecule has 0 radical (unpaired) electrons. The third-order valence-corrected chi connectivity index (χ3v) is 2.49. The smallest absolute Gasteiger partial charge is 0.244 e. The molecule has 1 aromatic rings. The molecule has 0 saturated carbocycles. The number of hydrogen-bond acceptors (Lipinski definition) is 4. The van der Waals surface area contributed by atoms with Gasteiger partial charge in [0.15, 0.2) is 0 Å². The third kappa shape index (κ3) is 2.04. The number of nitrogens with zero attached hydrogens (tertiary/aromatic N) is 4. The van der Waals surface area contributed by atoms with E-state index in [1.807, 2.05) is 19.0 Å². The molecule has 1 aliphatic rings. The third-order valence-electron chi connectivity index (χ3n) is 2.49. The van der Waals surface area contributed by atoms with E-state index in [2.05, 4.69) is 20.1 Å². The Kier molecular flexibility index (Phi) is 2.67. The van der Waals surface area contributed by atoms with E-state index in [1.54, 1.807) is 0 Å². The van der Waals surface area contributed by atoms with Crippen LogP contribution in [0.2, 0.25) is 0 Å². The lowest BCUT2D eigenvalue weighted by Gasteiger charge is -2.11. The summed E-state index contributed by atoms with van der Waals surface area (Å²) in [6.07, 6.45) is 2.63. The summed E-state index contributed by atoms with van der Waals surface area (Å²) in [5, 5.41) is 7.09. The monoisotopic (exact) mass is 195 g/mol. The highest BCUT2D eigenvalue weighted by Crippen LogP contribution is 2.11. The molecule has 5 heteroatoms. The molecule has 1 aliphatic heterocycles. The van der Waals surface area contributed by atoms with E-state index >= 15 is 0 Å². The van der Waals surface area contributed by atoms with Crippen LogP contribution < -0.4 is 4.90 Å². The van der Waals surface area contributed by atoms with E-state index < -0.39 is 0 Å². The van der Waals surface area contributed by atoms with Crippen molar-refractivity contribution in [3.63, 3.8) is 0 Å². The second kappa shape index (κ2) is 3.96. The predicted molar refractivity (Wildman–Crippen MR) is 55.2 cm³/mol. The number of likely N-dealkylation sites (tertiary alicyclic amines) is 1. The number of aromatic amines is 1. The molecule has 0 atom stereocenters. The van der Waals surface area contributed by atoms with Crippen LogP contribution in [0, 0.1) is 0 Å². The van der Waals surface area contributed by atoms with Gasteiger partial charge in [0, 0.05) is 14.1 Å². The van der Waals surface area contributed by atoms with Gasteiger partial charge in [0.1, 0.15) is 5.82 Å². The Hall–Kier alpha value is -1.10. The fourth-order valence-electron chi connectivity index (χ4n) is 1.71. The van der Waals surface area contributed by atoms with Crippen LogP contribution >= 0.6 is 0 Å². The largest absolute Gasteiger partial charge is 0.346 e. The van der Waals surface area contributed by atoms with Gasteiger partial charge in [-0.15, -0.1) is 5.10 Å². The van der Waals surface area contributed by atoms with E-state index in [9.17, 15) is 0 Å². The fourth-order valence-corrected chi connectivity index (χ4v) is 1.71. The summed E-state index contributed by atoms with van der Waals surface area (Å²) in [6, 6.07) is 0. The first kappa shape index (κ1) is 9.45. The quantitative estimate of drug-likeness (QED) is 0.761. The molecular formula is C9H17N5. The Morgan fingerprint density at radius 1 is 1.36 bits per heavy atom. The molecule has 1 N–H and O–H groups in total. The molecule has 2 heterocycles. The zero-order valence-corrected chi connectivity index (χ0v) is 8.82. The van der Waals surface area contributed by atoms with Gasteiger partial charge in [-0.2, -0.15) is 4.98 Å². The van der Waals surface area contributed by atoms with Crippen molar-refractivity contribution in [2.75, 3.05) is 32.1 Å². The molecule has 1 aromatic heterocycles. The number of hydrogen-bond donors (Lipinski definition) is 1. The van der Waals surface area contributed by atoms with Crippen molar-refractivity contribution >= 4 is 5.95 Å². The normalized spacial score (nSPS) is 17.6. The van der Waals surface area contributed by atoms with Crippen LogP contribution in [0.25, 0.3) is 0 Å². The Morgan fingerprint density at radius 3 is 2.64 bits per heavy atom. The molecule has 2 rings (SSSR count). The van der Waals surface area contributed by atoms with Gasteiger partial charge in [-0.3, -0.25) is 10.00 Å². The van der Waals surface area contributed by atoms with Crippen molar-refractivity contribution in [3.05, 3.63) is 5.82 Å². The Labute approximate surface area is 84.1 Å². The lowest BCUT2D eigenvalue weighted by atomic mass is 10.4. The first-order valence-corrected chi connectivity index (χ1v) is 5.06. The molecule has 14 heavy (non-hydrogen) atoms. The summed E-state index contributed by atoms with van der Waals surface area (Å²) in [6.45, 7) is 3.29. The zero-order valence-electron chi connectivity index (χ0n) is 8.82. The molecule has 0 aromatic carbocycles. The summed E-state index contributed by atoms with van der Waals surface area (Å²) in [5.74, 6) is 1.73. The van der Waals surface area contributed by atoms with Crippen LogP contribution in [-0.2, 0) is 6.54 Å². The van der Waals surface area contributed by atoms with Crippen LogP contribution in [-0.4, -0.2) is 47.3 Å². The second-order valence-corrected chi connectivity index (χ2v) is 3.96. The highest BCUT2D eigenvalue weighted by molar-refractivity contribution is 5.24. The van der Waals surface area contributed by atoms with Gasteiger partial charge < -0.3 is 4.90 Å². The van der Waals surface area contributed by atoms with Crippen molar-refractivity contribution < 1.29 is 0 Å². The molecule has 5 nitrogen and oxygen atoms in total. The van der Waals surface area contributed by atoms with Gasteiger partial charge in [0.25, 0.3) is 0 Å². The number of nitrogens with one attached hydrogen (secondary N) is 1. The summed E-state index contributed by atoms with van der Waals surface area (Å²) in [5.41, 5.74) is 0. The van der Waals surface area contributed by atoms with Crippen molar-refractivity contribution in [2.45, 2.75) is 19.4 Å². The van der Waals surface area contributed by atoms with Gasteiger partial charge in [0.05, 0.1) is 6.54 Å². The Morgan fingerprint density at radius 2 is 2.07 bits per heavy atom. The van der Waals surface area contributed by atoms with Crippen LogP contribution in [0.4, 0.5) is 5.95 Å². The van der Waals surface area contributed by atoms with Gasteiger partial charge in [-0.25, -0.2) is 0 Å². The van der Waals surface area contributed by atoms with E-state index in [-0.39, 0.29) is 0 Å². The van der Waals surface area contributed by atoms with E-state index in [4.69, 9.17) is 0 Å². The minimum absolute atomic E-state index is 0.763. The number of aromatic nitrogens is 3. The SMILES string of the molecule is CN(C)c1n[nH]c(CN2CCCC2)n1. The van der Waals surface area contributed by atoms with Crippen molar-refractivity contribution in [1.29, 1.82) is 0 Å². The number of anilines is 1. The van der Waals surface area contributed by atoms with Gasteiger partial charge in [0.2, 0.25) is 5.95 Å². The predicted octanol–water partition coefficient (Wildman–Crippen LogP) is 0.466. The zero-order chi connectivity index (χ0) is 9.97. The first-order valence-electron chi connectivity index (χ1n) is 5.06.